The molecule has 0 aliphatic rings. The average Bonchev–Trinajstić information content (AvgIpc) is 3.37. The van der Waals surface area contributed by atoms with Crippen molar-refractivity contribution < 1.29 is 19.1 Å². The van der Waals surface area contributed by atoms with E-state index < -0.39 is 5.97 Å². The molecule has 1 amide bonds. The van der Waals surface area contributed by atoms with Crippen LogP contribution in [0.5, 0.6) is 5.75 Å². The number of benzene rings is 1. The zero-order valence-corrected chi connectivity index (χ0v) is 18.2. The molecule has 1 N–H and O–H groups in total. The Morgan fingerprint density at radius 3 is 2.90 bits per heavy atom. The lowest BCUT2D eigenvalue weighted by atomic mass is 10.2. The van der Waals surface area contributed by atoms with Gasteiger partial charge in [-0.3, -0.25) is 10.1 Å². The zero-order chi connectivity index (χ0) is 22.4. The lowest BCUT2D eigenvalue weighted by molar-refractivity contribution is 0.0554. The average molecular weight is 443 g/mol. The number of carbonyl (C=O) groups is 2. The summed E-state index contributed by atoms with van der Waals surface area (Å²) in [6, 6.07) is 6.81. The predicted octanol–water partition coefficient (Wildman–Crippen LogP) is 3.19. The number of aromatic nitrogens is 5. The highest BCUT2D eigenvalue weighted by Gasteiger charge is 2.18. The number of carbonyl (C=O) groups excluding carboxylic acids is 2. The van der Waals surface area contributed by atoms with Gasteiger partial charge in [0.25, 0.3) is 5.91 Å². The van der Waals surface area contributed by atoms with Gasteiger partial charge in [-0.1, -0.05) is 30.1 Å². The van der Waals surface area contributed by atoms with Crippen LogP contribution in [0.3, 0.4) is 0 Å². The van der Waals surface area contributed by atoms with Gasteiger partial charge in [-0.25, -0.2) is 14.5 Å². The van der Waals surface area contributed by atoms with Gasteiger partial charge in [0.2, 0.25) is 0 Å². The molecule has 0 bridgehead atoms. The standard InChI is InChI=1S/C20H22N6O4S/c1-5-9-29-19(28)17-13(4)21-20(31-17)22-18(27)14-7-6-8-15(10-14)30-11-16-23-24-25-26(16)12(2)3/h5-8,10,12H,1,9,11H2,2-4H3,(H,21,22,27). The van der Waals surface area contributed by atoms with Crippen molar-refractivity contribution in [2.24, 2.45) is 0 Å². The Bertz CT molecular complexity index is 1090. The van der Waals surface area contributed by atoms with Crippen LogP contribution in [-0.4, -0.2) is 43.7 Å². The van der Waals surface area contributed by atoms with Crippen LogP contribution in [0, 0.1) is 6.92 Å². The fourth-order valence-corrected chi connectivity index (χ4v) is 3.45. The fourth-order valence-electron chi connectivity index (χ4n) is 2.59. The third-order valence-electron chi connectivity index (χ3n) is 4.05. The molecule has 162 valence electrons. The number of nitrogens with zero attached hydrogens (tertiary/aromatic N) is 5. The molecular formula is C20H22N6O4S. The maximum absolute atomic E-state index is 12.6. The minimum atomic E-state index is -0.505. The van der Waals surface area contributed by atoms with Gasteiger partial charge in [-0.05, 0) is 49.4 Å². The smallest absolute Gasteiger partial charge is 0.350 e. The first-order chi connectivity index (χ1) is 14.9. The number of esters is 1. The number of anilines is 1. The van der Waals surface area contributed by atoms with Crippen LogP contribution >= 0.6 is 11.3 Å². The van der Waals surface area contributed by atoms with E-state index in [1.165, 1.54) is 6.08 Å². The molecule has 11 heteroatoms. The van der Waals surface area contributed by atoms with Gasteiger partial charge in [0, 0.05) is 5.56 Å². The van der Waals surface area contributed by atoms with E-state index in [2.05, 4.69) is 32.4 Å². The maximum atomic E-state index is 12.6. The van der Waals surface area contributed by atoms with Crippen molar-refractivity contribution >= 4 is 28.3 Å². The second-order valence-corrected chi connectivity index (χ2v) is 7.72. The Kier molecular flexibility index (Phi) is 7.08. The van der Waals surface area contributed by atoms with E-state index in [-0.39, 0.29) is 25.2 Å². The molecule has 2 heterocycles. The van der Waals surface area contributed by atoms with Crippen molar-refractivity contribution in [3.8, 4) is 5.75 Å². The van der Waals surface area contributed by atoms with Crippen molar-refractivity contribution in [1.29, 1.82) is 0 Å². The first-order valence-electron chi connectivity index (χ1n) is 9.45. The van der Waals surface area contributed by atoms with Gasteiger partial charge in [-0.15, -0.1) is 5.10 Å². The molecule has 3 rings (SSSR count). The highest BCUT2D eigenvalue weighted by Crippen LogP contribution is 2.24. The number of ether oxygens (including phenoxy) is 2. The van der Waals surface area contributed by atoms with Gasteiger partial charge in [0.15, 0.2) is 11.0 Å². The second-order valence-electron chi connectivity index (χ2n) is 6.72. The van der Waals surface area contributed by atoms with Crippen LogP contribution in [0.4, 0.5) is 5.13 Å². The maximum Gasteiger partial charge on any atom is 0.350 e. The van der Waals surface area contributed by atoms with E-state index >= 15 is 0 Å². The summed E-state index contributed by atoms with van der Waals surface area (Å²) >= 11 is 1.05. The molecule has 0 saturated carbocycles. The molecular weight excluding hydrogens is 420 g/mol. The molecule has 0 aliphatic carbocycles. The third kappa shape index (κ3) is 5.51. The Morgan fingerprint density at radius 2 is 2.16 bits per heavy atom. The number of nitrogens with one attached hydrogen (secondary N) is 1. The summed E-state index contributed by atoms with van der Waals surface area (Å²) in [6.45, 7) is 9.39. The molecule has 0 fully saturated rings. The van der Waals surface area contributed by atoms with Gasteiger partial charge >= 0.3 is 5.97 Å². The molecule has 0 radical (unpaired) electrons. The van der Waals surface area contributed by atoms with E-state index in [1.54, 1.807) is 35.9 Å². The molecule has 0 saturated heterocycles. The highest BCUT2D eigenvalue weighted by molar-refractivity contribution is 7.17. The largest absolute Gasteiger partial charge is 0.486 e. The summed E-state index contributed by atoms with van der Waals surface area (Å²) in [7, 11) is 0. The summed E-state index contributed by atoms with van der Waals surface area (Å²) in [4.78, 5) is 29.2. The molecule has 2 aromatic heterocycles. The molecule has 3 aromatic rings. The van der Waals surface area contributed by atoms with E-state index in [4.69, 9.17) is 9.47 Å². The van der Waals surface area contributed by atoms with Crippen LogP contribution in [0.2, 0.25) is 0 Å². The van der Waals surface area contributed by atoms with Crippen LogP contribution in [0.1, 0.15) is 51.4 Å². The predicted molar refractivity (Wildman–Crippen MR) is 114 cm³/mol. The number of amides is 1. The first kappa shape index (κ1) is 22.1. The van der Waals surface area contributed by atoms with Crippen molar-refractivity contribution in [2.45, 2.75) is 33.4 Å². The molecule has 10 nitrogen and oxygen atoms in total. The highest BCUT2D eigenvalue weighted by atomic mass is 32.1. The van der Waals surface area contributed by atoms with Gasteiger partial charge in [-0.2, -0.15) is 0 Å². The minimum Gasteiger partial charge on any atom is -0.486 e. The number of rotatable bonds is 9. The van der Waals surface area contributed by atoms with Crippen molar-refractivity contribution in [2.75, 3.05) is 11.9 Å². The zero-order valence-electron chi connectivity index (χ0n) is 17.4. The Hall–Kier alpha value is -3.60. The normalized spacial score (nSPS) is 10.7. The Balaban J connectivity index is 1.66. The van der Waals surface area contributed by atoms with E-state index in [1.807, 2.05) is 13.8 Å². The summed E-state index contributed by atoms with van der Waals surface area (Å²) in [6.07, 6.45) is 1.48. The van der Waals surface area contributed by atoms with Crippen LogP contribution in [0.25, 0.3) is 0 Å². The molecule has 0 aliphatic heterocycles. The SMILES string of the molecule is C=CCOC(=O)c1sc(NC(=O)c2cccc(OCc3nnnn3C(C)C)c2)nc1C. The minimum absolute atomic E-state index is 0.103. The molecule has 31 heavy (non-hydrogen) atoms. The van der Waals surface area contributed by atoms with Crippen LogP contribution in [-0.2, 0) is 11.3 Å². The van der Waals surface area contributed by atoms with Gasteiger partial charge < -0.3 is 9.47 Å². The van der Waals surface area contributed by atoms with Crippen molar-refractivity contribution in [1.82, 2.24) is 25.2 Å². The number of tetrazole rings is 1. The monoisotopic (exact) mass is 442 g/mol. The quantitative estimate of drug-likeness (QED) is 0.396. The summed E-state index contributed by atoms with van der Waals surface area (Å²) in [5.74, 6) is 0.195. The Labute approximate surface area is 182 Å². The van der Waals surface area contributed by atoms with Crippen molar-refractivity contribution in [3.05, 3.63) is 58.9 Å². The second kappa shape index (κ2) is 9.94. The fraction of sp³-hybridized carbons (Fsp3) is 0.300. The number of hydrogen-bond acceptors (Lipinski definition) is 9. The van der Waals surface area contributed by atoms with Crippen molar-refractivity contribution in [3.63, 3.8) is 0 Å². The summed E-state index contributed by atoms with van der Waals surface area (Å²) in [5.41, 5.74) is 0.860. The topological polar surface area (TPSA) is 121 Å². The molecule has 0 atom stereocenters. The van der Waals surface area contributed by atoms with Gasteiger partial charge in [0.05, 0.1) is 11.7 Å². The van der Waals surface area contributed by atoms with Gasteiger partial charge in [0.1, 0.15) is 23.8 Å². The molecule has 0 spiro atoms. The van der Waals surface area contributed by atoms with E-state index in [9.17, 15) is 9.59 Å². The summed E-state index contributed by atoms with van der Waals surface area (Å²) in [5, 5.41) is 14.5. The summed E-state index contributed by atoms with van der Waals surface area (Å²) < 4.78 is 12.4. The number of thiazole rings is 1. The number of hydrogen-bond donors (Lipinski definition) is 1. The number of aryl methyl sites for hydroxylation is 1. The van der Waals surface area contributed by atoms with E-state index in [0.29, 0.717) is 32.8 Å². The lowest BCUT2D eigenvalue weighted by Crippen LogP contribution is -2.12. The first-order valence-corrected chi connectivity index (χ1v) is 10.3. The lowest BCUT2D eigenvalue weighted by Gasteiger charge is -2.10. The molecule has 0 unspecified atom stereocenters. The van der Waals surface area contributed by atoms with Crippen LogP contribution < -0.4 is 10.1 Å². The third-order valence-corrected chi connectivity index (χ3v) is 5.10. The van der Waals surface area contributed by atoms with Crippen LogP contribution in [0.15, 0.2) is 36.9 Å². The molecule has 1 aromatic carbocycles. The Morgan fingerprint density at radius 1 is 1.35 bits per heavy atom. The van der Waals surface area contributed by atoms with E-state index in [0.717, 1.165) is 11.3 Å².